The molecule has 23 heteroatoms. The second-order valence-electron chi connectivity index (χ2n) is 37.4. The number of fused-ring (bicyclic) bond motifs is 2. The van der Waals surface area contributed by atoms with Gasteiger partial charge in [0, 0.05) is 171 Å². The van der Waals surface area contributed by atoms with Crippen molar-refractivity contribution in [3.05, 3.63) is 409 Å². The van der Waals surface area contributed by atoms with E-state index in [0.29, 0.717) is 68.9 Å². The van der Waals surface area contributed by atoms with Gasteiger partial charge in [-0.1, -0.05) is 243 Å². The van der Waals surface area contributed by atoms with E-state index >= 15 is 0 Å². The molecule has 2 saturated carbocycles. The van der Waals surface area contributed by atoms with Gasteiger partial charge in [0.2, 0.25) is 17.7 Å². The van der Waals surface area contributed by atoms with Crippen LogP contribution in [0.5, 0.6) is 0 Å². The number of ether oxygens (including phenoxy) is 3. The fraction of sp³-hybridized carbons (Fsp3) is 0.248. The Morgan fingerprint density at radius 3 is 1.14 bits per heavy atom. The summed E-state index contributed by atoms with van der Waals surface area (Å²) in [5.41, 5.74) is 25.9. The van der Waals surface area contributed by atoms with Crippen molar-refractivity contribution in [3.63, 3.8) is 0 Å². The number of nitrogen functional groups attached to an aromatic ring is 1. The maximum absolute atomic E-state index is 14.7. The fourth-order valence-corrected chi connectivity index (χ4v) is 20.8. The van der Waals surface area contributed by atoms with Crippen LogP contribution in [-0.4, -0.2) is 193 Å². The van der Waals surface area contributed by atoms with Gasteiger partial charge in [0.15, 0.2) is 11.6 Å². The lowest BCUT2D eigenvalue weighted by molar-refractivity contribution is -0.155. The van der Waals surface area contributed by atoms with Gasteiger partial charge in [-0.3, -0.25) is 38.9 Å². The highest BCUT2D eigenvalue weighted by Gasteiger charge is 2.50. The van der Waals surface area contributed by atoms with Gasteiger partial charge in [-0.05, 0) is 180 Å². The SMILES string of the molecule is COC[C@@]1(C(=O)Nc2ccc3c(c2)c(-c2ccnc(C4CC4)c2)nn3C(c2ccccc2)(c2ccccc2)c2ccccc2)CCN(C(=O)CN2CC=C(c3ccc(-c4ncccn4)cc3)CC2)C1.COC[C@@]1(C(=O)OC)CCN(C(=O)CN2CC=C(c3ccc(-c4ncccn4)cc3)CC2)C1.Nc1ccc2c(c1)c(-c1ccnc(C3CC3)c1)nn2C(c1ccccc1)(c1ccccc1)c1ccccc1. The Bertz CT molecular complexity index is 6940. The van der Waals surface area contributed by atoms with Gasteiger partial charge in [-0.25, -0.2) is 29.3 Å². The number of anilines is 2. The summed E-state index contributed by atoms with van der Waals surface area (Å²) in [4.78, 5) is 88.5. The van der Waals surface area contributed by atoms with Crippen LogP contribution in [0.2, 0.25) is 0 Å². The van der Waals surface area contributed by atoms with Gasteiger partial charge in [-0.2, -0.15) is 10.2 Å². The fourth-order valence-electron chi connectivity index (χ4n) is 20.8. The van der Waals surface area contributed by atoms with Gasteiger partial charge >= 0.3 is 5.97 Å². The van der Waals surface area contributed by atoms with Gasteiger partial charge in [0.1, 0.15) is 27.9 Å². The summed E-state index contributed by atoms with van der Waals surface area (Å²) in [5.74, 6) is 2.02. The normalized spacial score (nSPS) is 17.2. The number of nitrogens with zero attached hydrogens (tertiary/aromatic N) is 14. The maximum Gasteiger partial charge on any atom is 0.316 e. The van der Waals surface area contributed by atoms with E-state index in [0.717, 1.165) is 157 Å². The minimum absolute atomic E-state index is 0.0185. The lowest BCUT2D eigenvalue weighted by Crippen LogP contribution is -2.45. The Hall–Kier alpha value is -15.4. The molecule has 6 aliphatic rings. The first-order valence-corrected chi connectivity index (χ1v) is 48.3. The molecule has 2 saturated heterocycles. The number of carbonyl (C=O) groups is 4. The zero-order valence-corrected chi connectivity index (χ0v) is 79.0. The smallest absolute Gasteiger partial charge is 0.316 e. The summed E-state index contributed by atoms with van der Waals surface area (Å²) in [6, 6.07) is 105. The highest BCUT2D eigenvalue weighted by Crippen LogP contribution is 2.50. The van der Waals surface area contributed by atoms with Gasteiger partial charge in [0.25, 0.3) is 0 Å². The summed E-state index contributed by atoms with van der Waals surface area (Å²) >= 11 is 0. The lowest BCUT2D eigenvalue weighted by Gasteiger charge is -2.37. The van der Waals surface area contributed by atoms with E-state index in [-0.39, 0.29) is 50.0 Å². The number of benzene rings is 10. The number of hydrogen-bond acceptors (Lipinski definition) is 18. The molecule has 3 amide bonds. The summed E-state index contributed by atoms with van der Waals surface area (Å²) in [5, 5.41) is 16.3. The third kappa shape index (κ3) is 19.0. The van der Waals surface area contributed by atoms with Crippen molar-refractivity contribution < 1.29 is 33.4 Å². The number of nitrogens with two attached hydrogens (primary N) is 1. The molecule has 3 N–H and O–H groups in total. The van der Waals surface area contributed by atoms with E-state index in [2.05, 4.69) is 304 Å². The van der Waals surface area contributed by atoms with Crippen LogP contribution in [0.3, 0.4) is 0 Å². The van der Waals surface area contributed by atoms with E-state index in [1.165, 1.54) is 42.2 Å². The number of pyridine rings is 2. The molecule has 2 aliphatic carbocycles. The van der Waals surface area contributed by atoms with Gasteiger partial charge in [-0.15, -0.1) is 0 Å². The highest BCUT2D eigenvalue weighted by atomic mass is 16.5. The number of likely N-dealkylation sites (tertiary alicyclic amines) is 2. The molecule has 0 spiro atoms. The maximum atomic E-state index is 14.7. The average Bonchev–Trinajstić information content (AvgIpc) is 1.54. The lowest BCUT2D eigenvalue weighted by atomic mass is 9.77. The van der Waals surface area contributed by atoms with Crippen molar-refractivity contribution in [2.24, 2.45) is 10.8 Å². The summed E-state index contributed by atoms with van der Waals surface area (Å²) in [7, 11) is 4.57. The first-order valence-electron chi connectivity index (χ1n) is 48.3. The quantitative estimate of drug-likeness (QED) is 0.0275. The van der Waals surface area contributed by atoms with Crippen LogP contribution in [0.1, 0.15) is 119 Å². The van der Waals surface area contributed by atoms with E-state index in [1.54, 1.807) is 50.0 Å². The third-order valence-corrected chi connectivity index (χ3v) is 28.3. The van der Waals surface area contributed by atoms with Crippen LogP contribution < -0.4 is 11.1 Å². The van der Waals surface area contributed by atoms with Crippen LogP contribution in [0.4, 0.5) is 11.4 Å². The van der Waals surface area contributed by atoms with Crippen molar-refractivity contribution in [1.29, 1.82) is 0 Å². The van der Waals surface area contributed by atoms with Crippen LogP contribution in [0.25, 0.3) is 78.2 Å². The second kappa shape index (κ2) is 41.1. The number of aromatic nitrogens is 10. The molecule has 0 radical (unpaired) electrons. The Balaban J connectivity index is 0.000000142. The number of rotatable bonds is 27. The predicted molar refractivity (Wildman–Crippen MR) is 548 cm³/mol. The van der Waals surface area contributed by atoms with Crippen molar-refractivity contribution in [1.82, 2.24) is 69.1 Å². The highest BCUT2D eigenvalue weighted by molar-refractivity contribution is 6.02. The van der Waals surface area contributed by atoms with Crippen LogP contribution in [-0.2, 0) is 44.5 Å². The number of esters is 1. The van der Waals surface area contributed by atoms with Gasteiger partial charge < -0.3 is 35.1 Å². The van der Waals surface area contributed by atoms with Crippen LogP contribution in [0.15, 0.2) is 353 Å². The Labute approximate surface area is 815 Å². The van der Waals surface area contributed by atoms with Crippen molar-refractivity contribution >= 4 is 68.0 Å². The van der Waals surface area contributed by atoms with E-state index < -0.39 is 21.9 Å². The molecular weight excluding hydrogens is 1740 g/mol. The zero-order chi connectivity index (χ0) is 95.6. The molecule has 0 unspecified atom stereocenters. The summed E-state index contributed by atoms with van der Waals surface area (Å²) < 4.78 is 20.4. The standard InChI is InChI=1S/C58H54N8O3.C34H28N4.C25H30N4O4/c1-69-40-57(29-35-65(39-57)53(67)38-64-33-27-42(28-34-64)41-18-22-44(23-19-41)55-60-30-11-31-61-55)56(68)62-49-24-25-52-50(37-49)54(45-26-32-59-51(36-45)43-20-21-43)63-66(52)58(46-12-5-2-6-13-46,47-14-7-3-8-15-47)48-16-9-4-10-17-48;35-29-18-19-32-30(23-29)33(25-20-21-36-31(22-25)24-16-17-24)37-38(32)34(26-10-4-1-5-11-26,27-12-6-2-7-13-27)28-14-8-3-9-15-28;1-32-18-25(24(31)33-2)10-15-29(17-25)22(30)16-28-13-8-20(9-14-28)19-4-6-21(7-5-19)23-26-11-3-12-27-23/h2-19,22-27,30-32,36-37,43H,20-21,28-29,33-35,38-40H2,1H3,(H,62,68);1-15,18-24H,16-17,35H2;3-8,11-12H,9-10,13-18H2,1-2H3/t57-;;25-/m1.1/s1. The first kappa shape index (κ1) is 92.3. The average molecular weight is 1850 g/mol. The Morgan fingerprint density at radius 2 is 0.764 bits per heavy atom. The van der Waals surface area contributed by atoms with E-state index in [9.17, 15) is 19.2 Å². The molecular formula is C117H112N16O7. The van der Waals surface area contributed by atoms with Crippen molar-refractivity contribution in [2.75, 3.05) is 111 Å². The molecule has 0 bridgehead atoms. The molecule has 23 nitrogen and oxygen atoms in total. The number of hydrogen-bond donors (Lipinski definition) is 2. The van der Waals surface area contributed by atoms with Crippen LogP contribution in [0, 0.1) is 10.8 Å². The first-order chi connectivity index (χ1) is 68.7. The second-order valence-corrected chi connectivity index (χ2v) is 37.4. The molecule has 6 aromatic heterocycles. The molecule has 10 heterocycles. The minimum Gasteiger partial charge on any atom is -0.468 e. The van der Waals surface area contributed by atoms with E-state index in [1.807, 2.05) is 71.9 Å². The monoisotopic (exact) mass is 1850 g/mol. The zero-order valence-electron chi connectivity index (χ0n) is 79.0. The molecule has 2 atom stereocenters. The minimum atomic E-state index is -0.925. The summed E-state index contributed by atoms with van der Waals surface area (Å²) in [6.45, 7) is 5.70. The van der Waals surface area contributed by atoms with Crippen LogP contribution >= 0.6 is 0 Å². The molecule has 4 aliphatic heterocycles. The number of methoxy groups -OCH3 is 3. The summed E-state index contributed by atoms with van der Waals surface area (Å²) in [6.07, 6.45) is 22.6. The number of carbonyl (C=O) groups excluding carboxylic acids is 4. The van der Waals surface area contributed by atoms with Gasteiger partial charge in [0.05, 0.1) is 49.9 Å². The molecule has 702 valence electrons. The largest absolute Gasteiger partial charge is 0.468 e. The molecule has 10 aromatic carbocycles. The predicted octanol–water partition coefficient (Wildman–Crippen LogP) is 19.5. The van der Waals surface area contributed by atoms with E-state index in [4.69, 9.17) is 35.1 Å². The Kier molecular flexibility index (Phi) is 27.1. The number of amides is 3. The molecule has 22 rings (SSSR count). The molecule has 140 heavy (non-hydrogen) atoms. The molecule has 4 fully saturated rings. The van der Waals surface area contributed by atoms with Crippen molar-refractivity contribution in [3.8, 4) is 45.3 Å². The molecule has 16 aromatic rings. The van der Waals surface area contributed by atoms with Crippen molar-refractivity contribution in [2.45, 2.75) is 74.3 Å². The topological polar surface area (TPSA) is 260 Å². The Morgan fingerprint density at radius 1 is 0.393 bits per heavy atom. The third-order valence-electron chi connectivity index (χ3n) is 28.3. The number of nitrogens with one attached hydrogen (secondary N) is 1.